The Morgan fingerprint density at radius 3 is 0.723 bits per heavy atom. The van der Waals surface area contributed by atoms with E-state index in [2.05, 4.69) is 110 Å². The topological polar surface area (TPSA) is 748 Å². The Morgan fingerprint density at radius 2 is 0.496 bits per heavy atom. The summed E-state index contributed by atoms with van der Waals surface area (Å²) < 4.78 is 0. The first-order valence-corrected chi connectivity index (χ1v) is 38.8. The third-order valence-corrected chi connectivity index (χ3v) is 18.1. The van der Waals surface area contributed by atoms with E-state index < -0.39 is 247 Å². The van der Waals surface area contributed by atoms with Gasteiger partial charge in [-0.3, -0.25) is 95.9 Å². The van der Waals surface area contributed by atoms with Crippen LogP contribution in [-0.4, -0.2) is 271 Å². The third kappa shape index (κ3) is 39.0. The van der Waals surface area contributed by atoms with E-state index in [9.17, 15) is 106 Å². The largest absolute Gasteiger partial charge is 0.481 e. The number of nitrogens with one attached hydrogen (secondary N) is 19. The number of carboxylic acids is 2. The van der Waals surface area contributed by atoms with Gasteiger partial charge in [-0.1, -0.05) is 0 Å². The van der Waals surface area contributed by atoms with E-state index in [0.717, 1.165) is 6.92 Å². The summed E-state index contributed by atoms with van der Waals surface area (Å²) in [5, 5.41) is 60.3. The predicted octanol–water partition coefficient (Wildman–Crippen LogP) is -9.02. The molecule has 0 unspecified atom stereocenters. The van der Waals surface area contributed by atoms with Crippen LogP contribution in [0.4, 0.5) is 0 Å². The minimum atomic E-state index is -1.69. The van der Waals surface area contributed by atoms with Gasteiger partial charge in [0.25, 0.3) is 0 Å². The molecule has 0 fully saturated rings. The van der Waals surface area contributed by atoms with Crippen LogP contribution in [0.15, 0.2) is 25.0 Å². The van der Waals surface area contributed by atoms with Gasteiger partial charge in [-0.05, 0) is 160 Å². The number of nitrogens with zero attached hydrogens (tertiary/aromatic N) is 2. The monoisotopic (exact) mass is 1690 g/mol. The van der Waals surface area contributed by atoms with Crippen molar-refractivity contribution in [3.05, 3.63) is 36.4 Å². The van der Waals surface area contributed by atoms with Crippen LogP contribution in [0.2, 0.25) is 0 Å². The van der Waals surface area contributed by atoms with Gasteiger partial charge in [-0.2, -0.15) is 0 Å². The zero-order valence-corrected chi connectivity index (χ0v) is 68.6. The van der Waals surface area contributed by atoms with Gasteiger partial charge in [-0.15, -0.1) is 0 Å². The van der Waals surface area contributed by atoms with Gasteiger partial charge in [0, 0.05) is 56.4 Å². The van der Waals surface area contributed by atoms with Crippen LogP contribution in [0.25, 0.3) is 0 Å². The van der Waals surface area contributed by atoms with Gasteiger partial charge in [0.05, 0.1) is 12.7 Å². The fraction of sp³-hybridized carbons (Fsp3) is 0.639. The Kier molecular flexibility index (Phi) is 45.9. The van der Waals surface area contributed by atoms with E-state index in [1.54, 1.807) is 0 Å². The molecule has 119 heavy (non-hydrogen) atoms. The lowest BCUT2D eigenvalue weighted by Gasteiger charge is -2.26. The molecule has 29 N–H and O–H groups in total. The second-order valence-electron chi connectivity index (χ2n) is 28.6. The first-order valence-electron chi connectivity index (χ1n) is 38.8. The number of carbonyl (C=O) groups is 20. The van der Waals surface area contributed by atoms with Crippen LogP contribution >= 0.6 is 0 Å². The molecule has 0 spiro atoms. The number of aromatic nitrogens is 4. The average molecular weight is 1690 g/mol. The molecule has 0 saturated carbocycles. The highest BCUT2D eigenvalue weighted by atomic mass is 16.4. The molecule has 47 heteroatoms. The third-order valence-electron chi connectivity index (χ3n) is 18.1. The summed E-state index contributed by atoms with van der Waals surface area (Å²) >= 11 is 0. The van der Waals surface area contributed by atoms with E-state index in [1.165, 1.54) is 94.3 Å². The van der Waals surface area contributed by atoms with Crippen LogP contribution in [0.1, 0.15) is 171 Å². The Balaban J connectivity index is 2.20. The second kappa shape index (κ2) is 53.1. The van der Waals surface area contributed by atoms with Gasteiger partial charge < -0.3 is 134 Å². The lowest BCUT2D eigenvalue weighted by Crippen LogP contribution is -2.60. The van der Waals surface area contributed by atoms with Crippen molar-refractivity contribution in [3.63, 3.8) is 0 Å². The zero-order valence-electron chi connectivity index (χ0n) is 68.6. The van der Waals surface area contributed by atoms with Crippen LogP contribution < -0.4 is 113 Å². The lowest BCUT2D eigenvalue weighted by atomic mass is 10.1. The molecule has 0 saturated heterocycles. The number of hydrogen-bond donors (Lipinski definition) is 25. The minimum absolute atomic E-state index is 0.0458. The molecule has 0 radical (unpaired) electrons. The van der Waals surface area contributed by atoms with E-state index in [4.69, 9.17) is 22.9 Å². The molecule has 0 aliphatic rings. The van der Waals surface area contributed by atoms with Crippen molar-refractivity contribution in [2.75, 3.05) is 19.6 Å². The highest BCUT2D eigenvalue weighted by molar-refractivity contribution is 6.01. The smallest absolute Gasteiger partial charge is 0.303 e. The number of hydrogen-bond acceptors (Lipinski definition) is 25. The number of nitrogens with two attached hydrogens (primary N) is 4. The molecule has 0 aliphatic carbocycles. The number of primary amides is 1. The summed E-state index contributed by atoms with van der Waals surface area (Å²) in [5.41, 5.74) is 23.3. The van der Waals surface area contributed by atoms with Gasteiger partial charge in [0.15, 0.2) is 0 Å². The molecule has 0 aliphatic heterocycles. The molecule has 17 atom stereocenters. The molecule has 18 amide bonds. The van der Waals surface area contributed by atoms with E-state index >= 15 is 0 Å². The maximum atomic E-state index is 14.3. The second-order valence-corrected chi connectivity index (χ2v) is 28.6. The molecular weight excluding hydrogens is 1570 g/mol. The standard InChI is InChI=1S/C72H119N25O22/c1-34(56(76)103)82-71(118)52(28-45-30-77-32-79-45)96-69(116)48(19-13-16-26-74)92-64(111)42(9)86-58(105)37(4)84-61(108)40(7)90-72(119)53(29-46-31-78-33-80-46)97-70(117)49(20-14-17-27-75)93-65(112)43(10)87-60(107)39(6)89-67(114)51(22-24-55(101)102)95-68(115)47(18-12-15-25-73)91-63(110)41(8)85-57(104)36(3)83-59(106)38(5)88-66(113)50(21-23-54(99)100)94-62(109)35(2)81-44(11)98/h30-43,47-53H,12-29,73-75H2,1-11H3,(H2,76,103)(H,77,79)(H,78,80)(H,81,98)(H,82,118)(H,83,106)(H,84,108)(H,85,104)(H,86,105)(H,87,107)(H,88,113)(H,89,114)(H,90,119)(H,91,110)(H,92,111)(H,93,112)(H,94,109)(H,95,115)(H,96,116)(H,97,117)(H,99,100)(H,101,102)/t34-,35-,36-,37-,38-,39-,40-,41-,42-,43-,47-,48-,49-,50-,51-,52-,53-/m0/s1. The summed E-state index contributed by atoms with van der Waals surface area (Å²) in [6, 6.07) is -23.6. The van der Waals surface area contributed by atoms with Crippen molar-refractivity contribution in [2.45, 2.75) is 275 Å². The Bertz CT molecular complexity index is 3790. The number of imidazole rings is 2. The number of carboxylic acid groups (broad SMARTS) is 2. The number of carbonyl (C=O) groups excluding carboxylic acids is 18. The number of H-pyrrole nitrogens is 2. The number of aromatic amines is 2. The molecule has 47 nitrogen and oxygen atoms in total. The normalized spacial score (nSPS) is 15.3. The fourth-order valence-electron chi connectivity index (χ4n) is 10.9. The van der Waals surface area contributed by atoms with Crippen molar-refractivity contribution >= 4 is 118 Å². The van der Waals surface area contributed by atoms with Crippen LogP contribution in [0.5, 0.6) is 0 Å². The Hall–Kier alpha value is -12.3. The minimum Gasteiger partial charge on any atom is -0.481 e. The molecule has 0 bridgehead atoms. The van der Waals surface area contributed by atoms with Crippen molar-refractivity contribution < 1.29 is 106 Å². The average Bonchev–Trinajstić information content (AvgIpc) is 1.68. The molecule has 2 aromatic heterocycles. The number of aliphatic carboxylic acids is 2. The highest BCUT2D eigenvalue weighted by Gasteiger charge is 2.37. The van der Waals surface area contributed by atoms with Gasteiger partial charge in [-0.25, -0.2) is 9.97 Å². The molecule has 2 heterocycles. The summed E-state index contributed by atoms with van der Waals surface area (Å²) in [4.78, 5) is 278. The molecule has 2 rings (SSSR count). The highest BCUT2D eigenvalue weighted by Crippen LogP contribution is 2.12. The van der Waals surface area contributed by atoms with Gasteiger partial charge >= 0.3 is 11.9 Å². The lowest BCUT2D eigenvalue weighted by molar-refractivity contribution is -0.139. The van der Waals surface area contributed by atoms with E-state index in [0.29, 0.717) is 37.1 Å². The van der Waals surface area contributed by atoms with E-state index in [1.807, 2.05) is 0 Å². The maximum Gasteiger partial charge on any atom is 0.303 e. The number of rotatable bonds is 56. The van der Waals surface area contributed by atoms with Crippen LogP contribution in [0, 0.1) is 0 Å². The molecular formula is C72H119N25O22. The first-order chi connectivity index (χ1) is 55.9. The molecule has 664 valence electrons. The number of unbranched alkanes of at least 4 members (excludes halogenated alkanes) is 3. The van der Waals surface area contributed by atoms with Crippen molar-refractivity contribution in [3.8, 4) is 0 Å². The van der Waals surface area contributed by atoms with Crippen molar-refractivity contribution in [1.82, 2.24) is 110 Å². The van der Waals surface area contributed by atoms with Crippen LogP contribution in [0.3, 0.4) is 0 Å². The van der Waals surface area contributed by atoms with Crippen molar-refractivity contribution in [2.24, 2.45) is 22.9 Å². The molecule has 0 aromatic carbocycles. The quantitative estimate of drug-likeness (QED) is 0.0274. The molecule has 2 aromatic rings. The van der Waals surface area contributed by atoms with Crippen LogP contribution in [-0.2, 0) is 109 Å². The SMILES string of the molecule is CC(=O)N[C@@H](C)C(=O)N[C@@H](CCC(=O)O)C(=O)N[C@@H](C)C(=O)N[C@@H](C)C(=O)N[C@@H](C)C(=O)N[C@@H](CCCCN)C(=O)N[C@@H](CCC(=O)O)C(=O)N[C@@H](C)C(=O)N[C@@H](C)C(=O)N[C@@H](CCCCN)C(=O)N[C@@H](Cc1cnc[nH]1)C(=O)N[C@@H](C)C(=O)N[C@@H](C)C(=O)N[C@@H](C)C(=O)N[C@@H](CCCCN)C(=O)N[C@@H](Cc1cnc[nH]1)C(=O)N[C@@H](C)C(N)=O. The maximum absolute atomic E-state index is 14.3. The summed E-state index contributed by atoms with van der Waals surface area (Å²) in [7, 11) is 0. The fourth-order valence-corrected chi connectivity index (χ4v) is 10.9. The zero-order chi connectivity index (χ0) is 89.9. The van der Waals surface area contributed by atoms with E-state index in [-0.39, 0.29) is 64.6 Å². The summed E-state index contributed by atoms with van der Waals surface area (Å²) in [6.45, 7) is 14.3. The Labute approximate surface area is 686 Å². The predicted molar refractivity (Wildman–Crippen MR) is 421 cm³/mol. The summed E-state index contributed by atoms with van der Waals surface area (Å²) in [6.07, 6.45) is 4.64. The summed E-state index contributed by atoms with van der Waals surface area (Å²) in [5.74, 6) is -18.8. The number of amides is 18. The van der Waals surface area contributed by atoms with Gasteiger partial charge in [0.2, 0.25) is 106 Å². The van der Waals surface area contributed by atoms with Gasteiger partial charge in [0.1, 0.15) is 103 Å². The first kappa shape index (κ1) is 103. The van der Waals surface area contributed by atoms with Crippen molar-refractivity contribution in [1.29, 1.82) is 0 Å². The Morgan fingerprint density at radius 1 is 0.294 bits per heavy atom.